The molecule has 2 aliphatic carbocycles. The van der Waals surface area contributed by atoms with Gasteiger partial charge < -0.3 is 4.74 Å². The summed E-state index contributed by atoms with van der Waals surface area (Å²) in [7, 11) is 1.86. The summed E-state index contributed by atoms with van der Waals surface area (Å²) in [5.74, 6) is 0. The third kappa shape index (κ3) is 1.72. The first-order chi connectivity index (χ1) is 7.31. The Morgan fingerprint density at radius 2 is 1.73 bits per heavy atom. The Morgan fingerprint density at radius 1 is 1.07 bits per heavy atom. The topological polar surface area (TPSA) is 12.5 Å². The van der Waals surface area contributed by atoms with Crippen molar-refractivity contribution >= 4 is 0 Å². The molecule has 3 rings (SSSR count). The molecule has 3 fully saturated rings. The lowest BCUT2D eigenvalue weighted by molar-refractivity contribution is -0.154. The first-order valence-electron chi connectivity index (χ1n) is 6.58. The first-order valence-corrected chi connectivity index (χ1v) is 6.58. The first kappa shape index (κ1) is 10.1. The summed E-state index contributed by atoms with van der Waals surface area (Å²) in [6, 6.07) is 0.936. The number of rotatable bonds is 2. The van der Waals surface area contributed by atoms with E-state index in [4.69, 9.17) is 4.74 Å². The van der Waals surface area contributed by atoms with Crippen molar-refractivity contribution in [3.05, 3.63) is 0 Å². The van der Waals surface area contributed by atoms with Gasteiger partial charge in [0.25, 0.3) is 0 Å². The molecule has 0 atom stereocenters. The predicted molar refractivity (Wildman–Crippen MR) is 60.9 cm³/mol. The number of ether oxygens (including phenoxy) is 1. The quantitative estimate of drug-likeness (QED) is 0.692. The molecule has 2 nitrogen and oxygen atoms in total. The van der Waals surface area contributed by atoms with Crippen LogP contribution in [0.5, 0.6) is 0 Å². The van der Waals surface area contributed by atoms with Gasteiger partial charge in [0.15, 0.2) is 0 Å². The lowest BCUT2D eigenvalue weighted by atomic mass is 9.61. The number of hydrogen-bond donors (Lipinski definition) is 0. The second kappa shape index (κ2) is 3.74. The van der Waals surface area contributed by atoms with Gasteiger partial charge in [0.1, 0.15) is 0 Å². The third-order valence-corrected chi connectivity index (χ3v) is 4.82. The molecular weight excluding hydrogens is 186 g/mol. The maximum absolute atomic E-state index is 5.38. The average Bonchev–Trinajstić information content (AvgIpc) is 2.16. The molecule has 0 unspecified atom stereocenters. The van der Waals surface area contributed by atoms with Gasteiger partial charge >= 0.3 is 0 Å². The van der Waals surface area contributed by atoms with Crippen LogP contribution in [-0.4, -0.2) is 37.2 Å². The number of hydrogen-bond acceptors (Lipinski definition) is 2. The summed E-state index contributed by atoms with van der Waals surface area (Å²) in [5, 5.41) is 0. The van der Waals surface area contributed by atoms with E-state index in [1.807, 2.05) is 7.11 Å². The van der Waals surface area contributed by atoms with Crippen molar-refractivity contribution < 1.29 is 4.74 Å². The van der Waals surface area contributed by atoms with Crippen LogP contribution in [0.15, 0.2) is 0 Å². The van der Waals surface area contributed by atoms with Crippen LogP contribution in [0.1, 0.15) is 44.9 Å². The normalized spacial score (nSPS) is 32.6. The zero-order valence-corrected chi connectivity index (χ0v) is 9.87. The number of likely N-dealkylation sites (tertiary alicyclic amines) is 1. The summed E-state index contributed by atoms with van der Waals surface area (Å²) < 4.78 is 5.38. The zero-order valence-electron chi connectivity index (χ0n) is 9.87. The lowest BCUT2D eigenvalue weighted by Gasteiger charge is -2.61. The summed E-state index contributed by atoms with van der Waals surface area (Å²) in [6.07, 6.45) is 10.6. The van der Waals surface area contributed by atoms with E-state index in [9.17, 15) is 0 Å². The van der Waals surface area contributed by atoms with Crippen molar-refractivity contribution in [2.24, 2.45) is 5.41 Å². The molecule has 0 aromatic heterocycles. The van der Waals surface area contributed by atoms with Gasteiger partial charge in [0.2, 0.25) is 0 Å². The van der Waals surface area contributed by atoms with Gasteiger partial charge in [0, 0.05) is 31.7 Å². The van der Waals surface area contributed by atoms with E-state index >= 15 is 0 Å². The smallest absolute Gasteiger partial charge is 0.0583 e. The Morgan fingerprint density at radius 3 is 2.33 bits per heavy atom. The molecule has 2 saturated carbocycles. The van der Waals surface area contributed by atoms with Gasteiger partial charge in [0.05, 0.1) is 6.10 Å². The van der Waals surface area contributed by atoms with Gasteiger partial charge in [-0.25, -0.2) is 0 Å². The van der Waals surface area contributed by atoms with Crippen molar-refractivity contribution in [3.8, 4) is 0 Å². The Hall–Kier alpha value is -0.0800. The molecule has 0 amide bonds. The van der Waals surface area contributed by atoms with Crippen LogP contribution in [0.3, 0.4) is 0 Å². The number of methoxy groups -OCH3 is 1. The molecule has 1 heterocycles. The fraction of sp³-hybridized carbons (Fsp3) is 1.00. The second-order valence-electron chi connectivity index (χ2n) is 5.96. The van der Waals surface area contributed by atoms with Gasteiger partial charge in [-0.05, 0) is 25.7 Å². The van der Waals surface area contributed by atoms with Crippen molar-refractivity contribution in [1.29, 1.82) is 0 Å². The standard InChI is InChI=1S/C13H23NO/c1-15-12-7-13(8-12)9-14(10-13)11-5-3-2-4-6-11/h11-12H,2-10H2,1H3. The van der Waals surface area contributed by atoms with Gasteiger partial charge in [-0.3, -0.25) is 4.90 Å². The van der Waals surface area contributed by atoms with Crippen LogP contribution in [0.2, 0.25) is 0 Å². The zero-order chi connectivity index (χ0) is 10.3. The predicted octanol–water partition coefficient (Wildman–Crippen LogP) is 2.43. The maximum atomic E-state index is 5.38. The lowest BCUT2D eigenvalue weighted by Crippen LogP contribution is -2.66. The second-order valence-corrected chi connectivity index (χ2v) is 5.96. The van der Waals surface area contributed by atoms with E-state index in [0.717, 1.165) is 6.04 Å². The average molecular weight is 209 g/mol. The van der Waals surface area contributed by atoms with Crippen LogP contribution < -0.4 is 0 Å². The molecular formula is C13H23NO. The van der Waals surface area contributed by atoms with Crippen molar-refractivity contribution in [3.63, 3.8) is 0 Å². The summed E-state index contributed by atoms with van der Waals surface area (Å²) in [4.78, 5) is 2.74. The number of nitrogens with zero attached hydrogens (tertiary/aromatic N) is 1. The van der Waals surface area contributed by atoms with Gasteiger partial charge in [-0.15, -0.1) is 0 Å². The van der Waals surface area contributed by atoms with E-state index in [0.29, 0.717) is 11.5 Å². The fourth-order valence-electron chi connectivity index (χ4n) is 3.85. The van der Waals surface area contributed by atoms with E-state index in [1.165, 1.54) is 58.0 Å². The van der Waals surface area contributed by atoms with Crippen molar-refractivity contribution in [2.45, 2.75) is 57.1 Å². The largest absolute Gasteiger partial charge is 0.381 e. The molecule has 2 heteroatoms. The molecule has 0 bridgehead atoms. The minimum Gasteiger partial charge on any atom is -0.381 e. The summed E-state index contributed by atoms with van der Waals surface area (Å²) in [5.41, 5.74) is 0.693. The highest BCUT2D eigenvalue weighted by Crippen LogP contribution is 2.50. The molecule has 3 aliphatic rings. The summed E-state index contributed by atoms with van der Waals surface area (Å²) in [6.45, 7) is 2.75. The molecule has 0 aromatic carbocycles. The molecule has 1 spiro atoms. The van der Waals surface area contributed by atoms with Crippen LogP contribution in [0.4, 0.5) is 0 Å². The van der Waals surface area contributed by atoms with E-state index in [-0.39, 0.29) is 0 Å². The van der Waals surface area contributed by atoms with Crippen LogP contribution in [-0.2, 0) is 4.74 Å². The fourth-order valence-corrected chi connectivity index (χ4v) is 3.85. The van der Waals surface area contributed by atoms with Gasteiger partial charge in [-0.1, -0.05) is 19.3 Å². The van der Waals surface area contributed by atoms with E-state index < -0.39 is 0 Å². The molecule has 1 saturated heterocycles. The van der Waals surface area contributed by atoms with E-state index in [1.54, 1.807) is 0 Å². The minimum atomic E-state index is 0.582. The van der Waals surface area contributed by atoms with Crippen molar-refractivity contribution in [1.82, 2.24) is 4.90 Å². The molecule has 15 heavy (non-hydrogen) atoms. The highest BCUT2D eigenvalue weighted by molar-refractivity contribution is 5.06. The molecule has 0 aromatic rings. The molecule has 0 radical (unpaired) electrons. The molecule has 86 valence electrons. The van der Waals surface area contributed by atoms with Gasteiger partial charge in [-0.2, -0.15) is 0 Å². The Kier molecular flexibility index (Phi) is 2.52. The maximum Gasteiger partial charge on any atom is 0.0583 e. The molecule has 1 aliphatic heterocycles. The highest BCUT2D eigenvalue weighted by Gasteiger charge is 2.53. The van der Waals surface area contributed by atoms with Crippen molar-refractivity contribution in [2.75, 3.05) is 20.2 Å². The highest BCUT2D eigenvalue weighted by atomic mass is 16.5. The van der Waals surface area contributed by atoms with Crippen LogP contribution in [0.25, 0.3) is 0 Å². The van der Waals surface area contributed by atoms with Crippen LogP contribution in [0, 0.1) is 5.41 Å². The van der Waals surface area contributed by atoms with E-state index in [2.05, 4.69) is 4.90 Å². The minimum absolute atomic E-state index is 0.582. The molecule has 0 N–H and O–H groups in total. The van der Waals surface area contributed by atoms with Crippen LogP contribution >= 0.6 is 0 Å². The summed E-state index contributed by atoms with van der Waals surface area (Å²) >= 11 is 0. The SMILES string of the molecule is COC1CC2(C1)CN(C1CCCCC1)C2. The Balaban J connectivity index is 1.46. The Bertz CT molecular complexity index is 221. The Labute approximate surface area is 93.0 Å². The third-order valence-electron chi connectivity index (χ3n) is 4.82. The monoisotopic (exact) mass is 209 g/mol.